The van der Waals surface area contributed by atoms with Gasteiger partial charge in [0.15, 0.2) is 5.76 Å². The van der Waals surface area contributed by atoms with Crippen molar-refractivity contribution in [3.8, 4) is 17.2 Å². The summed E-state index contributed by atoms with van der Waals surface area (Å²) in [5, 5.41) is 2.78. The Balaban J connectivity index is 1.46. The summed E-state index contributed by atoms with van der Waals surface area (Å²) < 4.78 is 18.8. The molecule has 4 aromatic rings. The van der Waals surface area contributed by atoms with Crippen LogP contribution in [0.4, 0.5) is 0 Å². The highest BCUT2D eigenvalue weighted by Gasteiger charge is 2.28. The van der Waals surface area contributed by atoms with Crippen molar-refractivity contribution in [2.24, 2.45) is 0 Å². The minimum Gasteiger partial charge on any atom is -0.497 e. The summed E-state index contributed by atoms with van der Waals surface area (Å²) in [6, 6.07) is 14.1. The normalized spacial score (nSPS) is 13.9. The minimum atomic E-state index is -0.443. The molecule has 0 spiro atoms. The van der Waals surface area contributed by atoms with Gasteiger partial charge in [-0.1, -0.05) is 6.07 Å². The lowest BCUT2D eigenvalue weighted by Gasteiger charge is -2.04. The van der Waals surface area contributed by atoms with E-state index in [-0.39, 0.29) is 11.5 Å². The molecular formula is C25H19NO5S. The fourth-order valence-corrected chi connectivity index (χ4v) is 4.33. The third-order valence-corrected chi connectivity index (χ3v) is 6.17. The summed E-state index contributed by atoms with van der Waals surface area (Å²) in [5.74, 6) is 1.00. The number of aromatic nitrogens is 1. The summed E-state index contributed by atoms with van der Waals surface area (Å²) in [7, 11) is 1.62. The van der Waals surface area contributed by atoms with E-state index in [9.17, 15) is 9.59 Å². The molecule has 5 rings (SSSR count). The van der Waals surface area contributed by atoms with Crippen molar-refractivity contribution >= 4 is 40.1 Å². The number of nitrogens with zero attached hydrogens (tertiary/aromatic N) is 1. The lowest BCUT2D eigenvalue weighted by atomic mass is 10.1. The first-order valence-corrected chi connectivity index (χ1v) is 11.0. The van der Waals surface area contributed by atoms with Crippen LogP contribution >= 0.6 is 11.3 Å². The maximum atomic E-state index is 12.9. The molecule has 0 saturated heterocycles. The number of ether oxygens (including phenoxy) is 3. The highest BCUT2D eigenvalue weighted by Crippen LogP contribution is 2.36. The van der Waals surface area contributed by atoms with Crippen LogP contribution in [0.25, 0.3) is 17.0 Å². The van der Waals surface area contributed by atoms with Crippen LogP contribution in [0.1, 0.15) is 32.5 Å². The predicted octanol–water partition coefficient (Wildman–Crippen LogP) is 5.57. The first-order chi connectivity index (χ1) is 15.6. The van der Waals surface area contributed by atoms with Gasteiger partial charge in [-0.25, -0.2) is 4.79 Å². The van der Waals surface area contributed by atoms with Crippen LogP contribution in [-0.4, -0.2) is 23.4 Å². The van der Waals surface area contributed by atoms with Gasteiger partial charge in [0, 0.05) is 35.3 Å². The Bertz CT molecular complexity index is 1380. The van der Waals surface area contributed by atoms with E-state index in [1.54, 1.807) is 43.5 Å². The highest BCUT2D eigenvalue weighted by molar-refractivity contribution is 7.12. The maximum absolute atomic E-state index is 12.9. The fraction of sp³-hybridized carbons (Fsp3) is 0.120. The number of allylic oxidation sites excluding steroid dienone is 1. The number of thiophene rings is 1. The van der Waals surface area contributed by atoms with E-state index < -0.39 is 5.97 Å². The SMILES string of the molecule is CCn1cc(/C=C2/Oc3cc(OC(=O)c4cccs4)ccc3C2=O)c2cc(OC)ccc21. The lowest BCUT2D eigenvalue weighted by molar-refractivity contribution is 0.0739. The van der Waals surface area contributed by atoms with Gasteiger partial charge in [0.05, 0.1) is 12.7 Å². The van der Waals surface area contributed by atoms with Crippen molar-refractivity contribution in [2.45, 2.75) is 13.5 Å². The number of ketones is 1. The van der Waals surface area contributed by atoms with E-state index in [1.165, 1.54) is 11.3 Å². The number of fused-ring (bicyclic) bond motifs is 2. The monoisotopic (exact) mass is 445 g/mol. The molecule has 0 atom stereocenters. The molecule has 2 aromatic carbocycles. The first-order valence-electron chi connectivity index (χ1n) is 10.1. The Labute approximate surface area is 188 Å². The Morgan fingerprint density at radius 1 is 1.16 bits per heavy atom. The molecule has 1 aliphatic rings. The van der Waals surface area contributed by atoms with E-state index in [0.29, 0.717) is 21.9 Å². The molecule has 160 valence electrons. The van der Waals surface area contributed by atoms with Crippen molar-refractivity contribution in [3.05, 3.63) is 81.9 Å². The zero-order valence-corrected chi connectivity index (χ0v) is 18.3. The van der Waals surface area contributed by atoms with Crippen molar-refractivity contribution in [1.82, 2.24) is 4.57 Å². The first kappa shape index (κ1) is 20.1. The summed E-state index contributed by atoms with van der Waals surface area (Å²) in [6.45, 7) is 2.85. The van der Waals surface area contributed by atoms with Gasteiger partial charge in [-0.05, 0) is 54.8 Å². The van der Waals surface area contributed by atoms with Gasteiger partial charge in [-0.15, -0.1) is 11.3 Å². The van der Waals surface area contributed by atoms with Gasteiger partial charge in [-0.2, -0.15) is 0 Å². The molecule has 0 unspecified atom stereocenters. The molecule has 32 heavy (non-hydrogen) atoms. The second kappa shape index (κ2) is 8.01. The molecule has 0 N–H and O–H groups in total. The van der Waals surface area contributed by atoms with E-state index in [4.69, 9.17) is 14.2 Å². The molecule has 0 saturated carbocycles. The molecule has 2 aromatic heterocycles. The zero-order chi connectivity index (χ0) is 22.2. The Morgan fingerprint density at radius 3 is 2.75 bits per heavy atom. The second-order valence-electron chi connectivity index (χ2n) is 7.22. The fourth-order valence-electron chi connectivity index (χ4n) is 3.73. The van der Waals surface area contributed by atoms with Gasteiger partial charge < -0.3 is 18.8 Å². The van der Waals surface area contributed by atoms with E-state index in [1.807, 2.05) is 29.8 Å². The zero-order valence-electron chi connectivity index (χ0n) is 17.5. The van der Waals surface area contributed by atoms with Crippen LogP contribution in [0, 0.1) is 0 Å². The van der Waals surface area contributed by atoms with Crippen LogP contribution in [-0.2, 0) is 6.54 Å². The minimum absolute atomic E-state index is 0.212. The topological polar surface area (TPSA) is 66.8 Å². The van der Waals surface area contributed by atoms with Crippen LogP contribution in [0.3, 0.4) is 0 Å². The summed E-state index contributed by atoms with van der Waals surface area (Å²) in [6.07, 6.45) is 3.73. The van der Waals surface area contributed by atoms with Gasteiger partial charge in [0.25, 0.3) is 0 Å². The molecule has 7 heteroatoms. The van der Waals surface area contributed by atoms with Crippen LogP contribution in [0.5, 0.6) is 17.2 Å². The predicted molar refractivity (Wildman–Crippen MR) is 123 cm³/mol. The number of Topliss-reactive ketones (excluding diaryl/α,β-unsaturated/α-hetero) is 1. The summed E-state index contributed by atoms with van der Waals surface area (Å²) >= 11 is 1.31. The number of benzene rings is 2. The van der Waals surface area contributed by atoms with Gasteiger partial charge in [-0.3, -0.25) is 4.79 Å². The van der Waals surface area contributed by atoms with Gasteiger partial charge >= 0.3 is 5.97 Å². The summed E-state index contributed by atoms with van der Waals surface area (Å²) in [4.78, 5) is 25.6. The summed E-state index contributed by atoms with van der Waals surface area (Å²) in [5.41, 5.74) is 2.34. The highest BCUT2D eigenvalue weighted by atomic mass is 32.1. The number of aryl methyl sites for hydroxylation is 1. The van der Waals surface area contributed by atoms with Gasteiger partial charge in [0.1, 0.15) is 22.1 Å². The third kappa shape index (κ3) is 3.46. The van der Waals surface area contributed by atoms with E-state index >= 15 is 0 Å². The Hall–Kier alpha value is -3.84. The van der Waals surface area contributed by atoms with Crippen molar-refractivity contribution < 1.29 is 23.8 Å². The van der Waals surface area contributed by atoms with Crippen LogP contribution in [0.2, 0.25) is 0 Å². The smallest absolute Gasteiger partial charge is 0.353 e. The molecule has 0 amide bonds. The molecule has 0 aliphatic carbocycles. The van der Waals surface area contributed by atoms with Crippen molar-refractivity contribution in [2.75, 3.05) is 7.11 Å². The van der Waals surface area contributed by atoms with Crippen molar-refractivity contribution in [3.63, 3.8) is 0 Å². The number of methoxy groups -OCH3 is 1. The van der Waals surface area contributed by atoms with Gasteiger partial charge in [0.2, 0.25) is 5.78 Å². The molecule has 0 fully saturated rings. The molecule has 0 bridgehead atoms. The van der Waals surface area contributed by atoms with E-state index in [0.717, 1.165) is 28.8 Å². The average Bonchev–Trinajstić information content (AvgIpc) is 3.53. The Kier molecular flexibility index (Phi) is 5.03. The Morgan fingerprint density at radius 2 is 2.00 bits per heavy atom. The largest absolute Gasteiger partial charge is 0.497 e. The number of hydrogen-bond donors (Lipinski definition) is 0. The maximum Gasteiger partial charge on any atom is 0.353 e. The molecular weight excluding hydrogens is 426 g/mol. The molecule has 0 radical (unpaired) electrons. The number of rotatable bonds is 5. The number of carbonyl (C=O) groups excluding carboxylic acids is 2. The lowest BCUT2D eigenvalue weighted by Crippen LogP contribution is -2.06. The molecule has 1 aliphatic heterocycles. The quantitative estimate of drug-likeness (QED) is 0.228. The second-order valence-corrected chi connectivity index (χ2v) is 8.17. The standard InChI is InChI=1S/C25H19NO5S/c1-3-26-14-15(19-12-16(29-2)7-9-20(19)26)11-22-24(27)18-8-6-17(13-21(18)31-22)30-25(28)23-5-4-10-32-23/h4-14H,3H2,1-2H3/b22-11+. The third-order valence-electron chi connectivity index (χ3n) is 5.32. The van der Waals surface area contributed by atoms with Crippen LogP contribution < -0.4 is 14.2 Å². The van der Waals surface area contributed by atoms with Crippen LogP contribution in [0.15, 0.2) is 65.9 Å². The number of hydrogen-bond acceptors (Lipinski definition) is 6. The van der Waals surface area contributed by atoms with Crippen molar-refractivity contribution in [1.29, 1.82) is 0 Å². The number of esters is 1. The van der Waals surface area contributed by atoms with E-state index in [2.05, 4.69) is 11.5 Å². The molecule has 6 nitrogen and oxygen atoms in total. The average molecular weight is 445 g/mol. The number of carbonyl (C=O) groups is 2. The molecule has 3 heterocycles.